The molecule has 0 heterocycles. The van der Waals surface area contributed by atoms with Gasteiger partial charge in [-0.2, -0.15) is 0 Å². The average molecular weight is 274 g/mol. The lowest BCUT2D eigenvalue weighted by atomic mass is 9.98. The molecule has 0 saturated carbocycles. The molecule has 4 heteroatoms. The first kappa shape index (κ1) is 14.1. The summed E-state index contributed by atoms with van der Waals surface area (Å²) in [4.78, 5) is 11.0. The summed E-state index contributed by atoms with van der Waals surface area (Å²) in [6.07, 6.45) is 0. The predicted molar refractivity (Wildman–Crippen MR) is 74.7 cm³/mol. The molecular formula is C16H15FO3. The fourth-order valence-corrected chi connectivity index (χ4v) is 2.06. The summed E-state index contributed by atoms with van der Waals surface area (Å²) in [6, 6.07) is 9.08. The molecule has 0 bridgehead atoms. The molecule has 2 rings (SSSR count). The van der Waals surface area contributed by atoms with Crippen LogP contribution in [0.4, 0.5) is 4.39 Å². The molecular weight excluding hydrogens is 259 g/mol. The van der Waals surface area contributed by atoms with Crippen molar-refractivity contribution in [3.63, 3.8) is 0 Å². The number of carboxylic acid groups (broad SMARTS) is 1. The minimum Gasteiger partial charge on any atom is -0.494 e. The van der Waals surface area contributed by atoms with Gasteiger partial charge in [-0.15, -0.1) is 0 Å². The van der Waals surface area contributed by atoms with E-state index in [1.165, 1.54) is 18.2 Å². The van der Waals surface area contributed by atoms with Crippen molar-refractivity contribution in [2.45, 2.75) is 13.8 Å². The number of halogens is 1. The molecule has 0 fully saturated rings. The maximum atomic E-state index is 13.9. The summed E-state index contributed by atoms with van der Waals surface area (Å²) in [6.45, 7) is 4.28. The molecule has 0 saturated heterocycles. The molecule has 0 aliphatic heterocycles. The van der Waals surface area contributed by atoms with Gasteiger partial charge in [0.25, 0.3) is 0 Å². The molecule has 20 heavy (non-hydrogen) atoms. The maximum Gasteiger partial charge on any atom is 0.335 e. The molecule has 0 spiro atoms. The third-order valence-electron chi connectivity index (χ3n) is 3.01. The molecule has 0 aliphatic carbocycles. The van der Waals surface area contributed by atoms with Gasteiger partial charge in [-0.25, -0.2) is 9.18 Å². The molecule has 0 aromatic heterocycles. The zero-order valence-electron chi connectivity index (χ0n) is 11.3. The van der Waals surface area contributed by atoms with Gasteiger partial charge in [0, 0.05) is 5.56 Å². The molecule has 104 valence electrons. The van der Waals surface area contributed by atoms with Gasteiger partial charge in [-0.3, -0.25) is 0 Å². The number of aromatic carboxylic acids is 1. The second-order valence-electron chi connectivity index (χ2n) is 4.41. The van der Waals surface area contributed by atoms with Crippen LogP contribution in [0.1, 0.15) is 22.8 Å². The lowest BCUT2D eigenvalue weighted by Gasteiger charge is -2.11. The third kappa shape index (κ3) is 2.79. The van der Waals surface area contributed by atoms with Gasteiger partial charge >= 0.3 is 5.97 Å². The number of ether oxygens (including phenoxy) is 1. The van der Waals surface area contributed by atoms with Crippen LogP contribution in [0, 0.1) is 12.7 Å². The molecule has 0 amide bonds. The highest BCUT2D eigenvalue weighted by molar-refractivity contribution is 5.89. The molecule has 0 aliphatic rings. The first-order valence-corrected chi connectivity index (χ1v) is 6.29. The monoisotopic (exact) mass is 274 g/mol. The molecule has 2 aromatic carbocycles. The molecule has 1 N–H and O–H groups in total. The number of aryl methyl sites for hydroxylation is 1. The molecule has 2 aromatic rings. The molecule has 0 unspecified atom stereocenters. The highest BCUT2D eigenvalue weighted by Crippen LogP contribution is 2.29. The van der Waals surface area contributed by atoms with Gasteiger partial charge < -0.3 is 9.84 Å². The molecule has 3 nitrogen and oxygen atoms in total. The van der Waals surface area contributed by atoms with Gasteiger partial charge in [-0.05, 0) is 55.3 Å². The largest absolute Gasteiger partial charge is 0.494 e. The van der Waals surface area contributed by atoms with E-state index in [4.69, 9.17) is 9.84 Å². The van der Waals surface area contributed by atoms with E-state index >= 15 is 0 Å². The van der Waals surface area contributed by atoms with Crippen molar-refractivity contribution in [3.05, 3.63) is 53.3 Å². The molecule has 0 radical (unpaired) electrons. The lowest BCUT2D eigenvalue weighted by Crippen LogP contribution is -1.98. The first-order chi connectivity index (χ1) is 9.52. The summed E-state index contributed by atoms with van der Waals surface area (Å²) >= 11 is 0. The Hall–Kier alpha value is -2.36. The van der Waals surface area contributed by atoms with E-state index in [2.05, 4.69) is 0 Å². The van der Waals surface area contributed by atoms with Gasteiger partial charge in [0.15, 0.2) is 0 Å². The van der Waals surface area contributed by atoms with E-state index in [-0.39, 0.29) is 11.1 Å². The Morgan fingerprint density at radius 2 is 1.95 bits per heavy atom. The summed E-state index contributed by atoms with van der Waals surface area (Å²) < 4.78 is 19.3. The van der Waals surface area contributed by atoms with Crippen molar-refractivity contribution in [1.82, 2.24) is 0 Å². The van der Waals surface area contributed by atoms with Crippen LogP contribution in [-0.4, -0.2) is 17.7 Å². The predicted octanol–water partition coefficient (Wildman–Crippen LogP) is 3.90. The zero-order valence-corrected chi connectivity index (χ0v) is 11.3. The topological polar surface area (TPSA) is 46.5 Å². The van der Waals surface area contributed by atoms with Gasteiger partial charge in [0.1, 0.15) is 11.6 Å². The standard InChI is InChI=1S/C16H15FO3/c1-3-20-12-5-6-13(10(2)8-12)14-9-11(16(18)19)4-7-15(14)17/h4-9H,3H2,1-2H3,(H,18,19). The number of carbonyl (C=O) groups is 1. The Bertz CT molecular complexity index is 650. The Morgan fingerprint density at radius 1 is 1.20 bits per heavy atom. The van der Waals surface area contributed by atoms with Crippen LogP contribution in [0.25, 0.3) is 11.1 Å². The second kappa shape index (κ2) is 5.74. The Kier molecular flexibility index (Phi) is 4.03. The van der Waals surface area contributed by atoms with E-state index < -0.39 is 11.8 Å². The smallest absolute Gasteiger partial charge is 0.335 e. The number of rotatable bonds is 4. The van der Waals surface area contributed by atoms with Crippen molar-refractivity contribution in [1.29, 1.82) is 0 Å². The number of benzene rings is 2. The summed E-state index contributed by atoms with van der Waals surface area (Å²) in [5.74, 6) is -0.805. The van der Waals surface area contributed by atoms with E-state index in [9.17, 15) is 9.18 Å². The van der Waals surface area contributed by atoms with E-state index in [0.29, 0.717) is 17.9 Å². The Labute approximate surface area is 116 Å². The summed E-state index contributed by atoms with van der Waals surface area (Å²) in [5, 5.41) is 8.99. The van der Waals surface area contributed by atoms with Crippen molar-refractivity contribution >= 4 is 5.97 Å². The van der Waals surface area contributed by atoms with Crippen molar-refractivity contribution < 1.29 is 19.0 Å². The van der Waals surface area contributed by atoms with E-state index in [1.807, 2.05) is 19.9 Å². The number of hydrogen-bond acceptors (Lipinski definition) is 2. The number of carboxylic acids is 1. The van der Waals surface area contributed by atoms with Crippen LogP contribution in [0.15, 0.2) is 36.4 Å². The average Bonchev–Trinajstić information content (AvgIpc) is 2.40. The van der Waals surface area contributed by atoms with Crippen LogP contribution < -0.4 is 4.74 Å². The summed E-state index contributed by atoms with van der Waals surface area (Å²) in [7, 11) is 0. The number of hydrogen-bond donors (Lipinski definition) is 1. The first-order valence-electron chi connectivity index (χ1n) is 6.29. The fraction of sp³-hybridized carbons (Fsp3) is 0.188. The van der Waals surface area contributed by atoms with Gasteiger partial charge in [0.05, 0.1) is 12.2 Å². The zero-order chi connectivity index (χ0) is 14.7. The van der Waals surface area contributed by atoms with Crippen LogP contribution in [0.5, 0.6) is 5.75 Å². The quantitative estimate of drug-likeness (QED) is 0.919. The van der Waals surface area contributed by atoms with Gasteiger partial charge in [0.2, 0.25) is 0 Å². The summed E-state index contributed by atoms with van der Waals surface area (Å²) in [5.41, 5.74) is 1.84. The van der Waals surface area contributed by atoms with Crippen LogP contribution in [0.2, 0.25) is 0 Å². The molecule has 0 atom stereocenters. The van der Waals surface area contributed by atoms with Crippen LogP contribution >= 0.6 is 0 Å². The Morgan fingerprint density at radius 3 is 2.55 bits per heavy atom. The Balaban J connectivity index is 2.50. The normalized spacial score (nSPS) is 10.3. The van der Waals surface area contributed by atoms with Crippen molar-refractivity contribution in [2.24, 2.45) is 0 Å². The van der Waals surface area contributed by atoms with E-state index in [0.717, 1.165) is 5.56 Å². The van der Waals surface area contributed by atoms with Crippen LogP contribution in [0.3, 0.4) is 0 Å². The minimum atomic E-state index is -1.07. The van der Waals surface area contributed by atoms with Crippen molar-refractivity contribution in [2.75, 3.05) is 6.61 Å². The van der Waals surface area contributed by atoms with E-state index in [1.54, 1.807) is 12.1 Å². The van der Waals surface area contributed by atoms with Crippen molar-refractivity contribution in [3.8, 4) is 16.9 Å². The van der Waals surface area contributed by atoms with Gasteiger partial charge in [-0.1, -0.05) is 6.07 Å². The minimum absolute atomic E-state index is 0.0645. The third-order valence-corrected chi connectivity index (χ3v) is 3.01. The second-order valence-corrected chi connectivity index (χ2v) is 4.41. The maximum absolute atomic E-state index is 13.9. The SMILES string of the molecule is CCOc1ccc(-c2cc(C(=O)O)ccc2F)c(C)c1. The highest BCUT2D eigenvalue weighted by atomic mass is 19.1. The fourth-order valence-electron chi connectivity index (χ4n) is 2.06. The van der Waals surface area contributed by atoms with Crippen LogP contribution in [-0.2, 0) is 0 Å². The lowest BCUT2D eigenvalue weighted by molar-refractivity contribution is 0.0697. The highest BCUT2D eigenvalue weighted by Gasteiger charge is 2.12.